The SMILES string of the molecule is CN1Cc2ccccc2CC1C(=O)N[C@H](Cc1ccc(Cl)cc1)C(=O)O. The van der Waals surface area contributed by atoms with E-state index in [2.05, 4.69) is 11.4 Å². The standard InChI is InChI=1S/C20H21ClN2O3/c1-23-12-15-5-3-2-4-14(15)11-18(23)19(24)22-17(20(25)26)10-13-6-8-16(21)9-7-13/h2-9,17-18H,10-12H2,1H3,(H,22,24)(H,25,26)/t17-,18?/m1/s1. The summed E-state index contributed by atoms with van der Waals surface area (Å²) in [5.74, 6) is -1.31. The molecule has 26 heavy (non-hydrogen) atoms. The van der Waals surface area contributed by atoms with Crippen LogP contribution in [0.1, 0.15) is 16.7 Å². The lowest BCUT2D eigenvalue weighted by molar-refractivity contribution is -0.142. The summed E-state index contributed by atoms with van der Waals surface area (Å²) < 4.78 is 0. The molecular formula is C20H21ClN2O3. The molecule has 1 aliphatic heterocycles. The zero-order valence-corrected chi connectivity index (χ0v) is 15.2. The molecule has 2 aromatic rings. The Kier molecular flexibility index (Phi) is 5.59. The first-order valence-corrected chi connectivity index (χ1v) is 8.86. The highest BCUT2D eigenvalue weighted by atomic mass is 35.5. The van der Waals surface area contributed by atoms with E-state index in [1.165, 1.54) is 5.56 Å². The molecule has 0 aliphatic carbocycles. The average molecular weight is 373 g/mol. The average Bonchev–Trinajstić information content (AvgIpc) is 2.62. The third kappa shape index (κ3) is 4.23. The maximum Gasteiger partial charge on any atom is 0.326 e. The van der Waals surface area contributed by atoms with Crippen LogP contribution < -0.4 is 5.32 Å². The Balaban J connectivity index is 1.70. The van der Waals surface area contributed by atoms with Gasteiger partial charge in [-0.05, 0) is 42.3 Å². The van der Waals surface area contributed by atoms with Gasteiger partial charge in [-0.1, -0.05) is 48.0 Å². The fourth-order valence-electron chi connectivity index (χ4n) is 3.27. The van der Waals surface area contributed by atoms with Gasteiger partial charge >= 0.3 is 5.97 Å². The Hall–Kier alpha value is -2.37. The number of hydrogen-bond acceptors (Lipinski definition) is 3. The number of benzene rings is 2. The molecule has 3 rings (SSSR count). The second kappa shape index (κ2) is 7.89. The molecule has 2 N–H and O–H groups in total. The summed E-state index contributed by atoms with van der Waals surface area (Å²) in [6.07, 6.45) is 0.789. The van der Waals surface area contributed by atoms with Crippen molar-refractivity contribution in [2.75, 3.05) is 7.05 Å². The molecule has 0 spiro atoms. The number of carboxylic acids is 1. The first kappa shape index (κ1) is 18.4. The van der Waals surface area contributed by atoms with Crippen LogP contribution in [-0.2, 0) is 29.0 Å². The molecule has 0 fully saturated rings. The summed E-state index contributed by atoms with van der Waals surface area (Å²) in [4.78, 5) is 26.3. The number of aliphatic carboxylic acids is 1. The van der Waals surface area contributed by atoms with Gasteiger partial charge in [0.2, 0.25) is 5.91 Å². The molecule has 6 heteroatoms. The highest BCUT2D eigenvalue weighted by Crippen LogP contribution is 2.22. The molecule has 2 atom stereocenters. The number of fused-ring (bicyclic) bond motifs is 1. The molecule has 0 aromatic heterocycles. The number of amides is 1. The summed E-state index contributed by atoms with van der Waals surface area (Å²) in [5.41, 5.74) is 3.15. The van der Waals surface area contributed by atoms with Crippen LogP contribution in [0.25, 0.3) is 0 Å². The summed E-state index contributed by atoms with van der Waals surface area (Å²) in [6, 6.07) is 13.6. The number of carbonyl (C=O) groups excluding carboxylic acids is 1. The fourth-order valence-corrected chi connectivity index (χ4v) is 3.40. The van der Waals surface area contributed by atoms with Crippen molar-refractivity contribution in [1.29, 1.82) is 0 Å². The predicted octanol–water partition coefficient (Wildman–Crippen LogP) is 2.51. The van der Waals surface area contributed by atoms with Gasteiger partial charge in [-0.2, -0.15) is 0 Å². The van der Waals surface area contributed by atoms with Gasteiger partial charge in [0.25, 0.3) is 0 Å². The molecule has 0 radical (unpaired) electrons. The van der Waals surface area contributed by atoms with E-state index >= 15 is 0 Å². The first-order chi connectivity index (χ1) is 12.4. The number of carbonyl (C=O) groups is 2. The van der Waals surface area contributed by atoms with Crippen LogP contribution >= 0.6 is 11.6 Å². The van der Waals surface area contributed by atoms with Gasteiger partial charge in [0.1, 0.15) is 6.04 Å². The number of rotatable bonds is 5. The minimum Gasteiger partial charge on any atom is -0.480 e. The van der Waals surface area contributed by atoms with E-state index in [1.54, 1.807) is 24.3 Å². The van der Waals surface area contributed by atoms with Gasteiger partial charge in [0.05, 0.1) is 6.04 Å². The molecule has 2 aromatic carbocycles. The minimum absolute atomic E-state index is 0.214. The Labute approximate surface area is 157 Å². The Morgan fingerprint density at radius 3 is 2.50 bits per heavy atom. The summed E-state index contributed by atoms with van der Waals surface area (Å²) >= 11 is 5.86. The first-order valence-electron chi connectivity index (χ1n) is 8.48. The summed E-state index contributed by atoms with van der Waals surface area (Å²) in [5, 5.41) is 12.8. The van der Waals surface area contributed by atoms with Crippen LogP contribution in [0.4, 0.5) is 0 Å². The molecule has 0 bridgehead atoms. The van der Waals surface area contributed by atoms with E-state index in [1.807, 2.05) is 30.1 Å². The van der Waals surface area contributed by atoms with Crippen molar-refractivity contribution < 1.29 is 14.7 Å². The van der Waals surface area contributed by atoms with Crippen molar-refractivity contribution in [1.82, 2.24) is 10.2 Å². The van der Waals surface area contributed by atoms with Crippen molar-refractivity contribution in [3.63, 3.8) is 0 Å². The molecule has 1 amide bonds. The quantitative estimate of drug-likeness (QED) is 0.846. The summed E-state index contributed by atoms with van der Waals surface area (Å²) in [6.45, 7) is 0.670. The Morgan fingerprint density at radius 1 is 1.19 bits per heavy atom. The van der Waals surface area contributed by atoms with Gasteiger partial charge in [-0.25, -0.2) is 4.79 Å². The maximum absolute atomic E-state index is 12.7. The molecule has 0 saturated carbocycles. The molecule has 1 unspecified atom stereocenters. The third-order valence-electron chi connectivity index (χ3n) is 4.75. The second-order valence-corrected chi connectivity index (χ2v) is 7.07. The molecule has 136 valence electrons. The van der Waals surface area contributed by atoms with Crippen molar-refractivity contribution in [2.24, 2.45) is 0 Å². The van der Waals surface area contributed by atoms with Crippen LogP contribution in [0.3, 0.4) is 0 Å². The van der Waals surface area contributed by atoms with Gasteiger partial charge in [-0.15, -0.1) is 0 Å². The van der Waals surface area contributed by atoms with Crippen molar-refractivity contribution in [2.45, 2.75) is 31.5 Å². The topological polar surface area (TPSA) is 69.6 Å². The highest BCUT2D eigenvalue weighted by Gasteiger charge is 2.31. The van der Waals surface area contributed by atoms with E-state index in [0.717, 1.165) is 11.1 Å². The number of carboxylic acid groups (broad SMARTS) is 1. The zero-order valence-electron chi connectivity index (χ0n) is 14.5. The van der Waals surface area contributed by atoms with E-state index < -0.39 is 12.0 Å². The molecule has 1 heterocycles. The van der Waals surface area contributed by atoms with Gasteiger partial charge in [0, 0.05) is 18.0 Å². The number of halogens is 1. The van der Waals surface area contributed by atoms with Gasteiger partial charge < -0.3 is 10.4 Å². The third-order valence-corrected chi connectivity index (χ3v) is 5.01. The molecular weight excluding hydrogens is 352 g/mol. The summed E-state index contributed by atoms with van der Waals surface area (Å²) in [7, 11) is 1.88. The number of nitrogens with one attached hydrogen (secondary N) is 1. The minimum atomic E-state index is -1.05. The Morgan fingerprint density at radius 2 is 1.85 bits per heavy atom. The van der Waals surface area contributed by atoms with Crippen molar-refractivity contribution in [3.8, 4) is 0 Å². The Bertz CT molecular complexity index is 807. The van der Waals surface area contributed by atoms with Crippen LogP contribution in [0, 0.1) is 0 Å². The van der Waals surface area contributed by atoms with E-state index in [4.69, 9.17) is 11.6 Å². The van der Waals surface area contributed by atoms with Crippen molar-refractivity contribution >= 4 is 23.5 Å². The largest absolute Gasteiger partial charge is 0.480 e. The van der Waals surface area contributed by atoms with E-state index in [-0.39, 0.29) is 18.4 Å². The van der Waals surface area contributed by atoms with Gasteiger partial charge in [-0.3, -0.25) is 9.69 Å². The van der Waals surface area contributed by atoms with Gasteiger partial charge in [0.15, 0.2) is 0 Å². The number of likely N-dealkylation sites (N-methyl/N-ethyl adjacent to an activating group) is 1. The van der Waals surface area contributed by atoms with Crippen LogP contribution in [0.15, 0.2) is 48.5 Å². The lowest BCUT2D eigenvalue weighted by Crippen LogP contribution is -2.53. The zero-order chi connectivity index (χ0) is 18.7. The number of nitrogens with zero attached hydrogens (tertiary/aromatic N) is 1. The number of hydrogen-bond donors (Lipinski definition) is 2. The predicted molar refractivity (Wildman–Crippen MR) is 100 cm³/mol. The molecule has 0 saturated heterocycles. The normalized spacial score (nSPS) is 18.0. The highest BCUT2D eigenvalue weighted by molar-refractivity contribution is 6.30. The van der Waals surface area contributed by atoms with Crippen LogP contribution in [0.2, 0.25) is 5.02 Å². The van der Waals surface area contributed by atoms with Crippen LogP contribution in [-0.4, -0.2) is 41.0 Å². The monoisotopic (exact) mass is 372 g/mol. The van der Waals surface area contributed by atoms with E-state index in [0.29, 0.717) is 18.0 Å². The fraction of sp³-hybridized carbons (Fsp3) is 0.300. The van der Waals surface area contributed by atoms with Crippen LogP contribution in [0.5, 0.6) is 0 Å². The lowest BCUT2D eigenvalue weighted by Gasteiger charge is -2.33. The smallest absolute Gasteiger partial charge is 0.326 e. The van der Waals surface area contributed by atoms with Crippen molar-refractivity contribution in [3.05, 3.63) is 70.2 Å². The lowest BCUT2D eigenvalue weighted by atomic mass is 9.93. The molecule has 1 aliphatic rings. The van der Waals surface area contributed by atoms with E-state index in [9.17, 15) is 14.7 Å². The second-order valence-electron chi connectivity index (χ2n) is 6.63. The molecule has 5 nitrogen and oxygen atoms in total. The maximum atomic E-state index is 12.7.